The third-order valence-corrected chi connectivity index (χ3v) is 5.15. The second-order valence-electron chi connectivity index (χ2n) is 8.06. The fourth-order valence-electron chi connectivity index (χ4n) is 3.21. The first-order chi connectivity index (χ1) is 17.3. The Labute approximate surface area is 210 Å². The number of nitrogens with two attached hydrogens (primary N) is 1. The Bertz CT molecular complexity index is 1240. The number of methoxy groups -OCH3 is 2. The highest BCUT2D eigenvalue weighted by atomic mass is 16.5. The second kappa shape index (κ2) is 12.3. The van der Waals surface area contributed by atoms with Gasteiger partial charge in [-0.2, -0.15) is 0 Å². The van der Waals surface area contributed by atoms with Crippen molar-refractivity contribution in [2.75, 3.05) is 46.7 Å². The van der Waals surface area contributed by atoms with Crippen LogP contribution in [0.1, 0.15) is 16.2 Å². The van der Waals surface area contributed by atoms with Crippen LogP contribution in [-0.2, 0) is 4.79 Å². The highest BCUT2D eigenvalue weighted by molar-refractivity contribution is 6.06. The third-order valence-electron chi connectivity index (χ3n) is 5.15. The molecule has 2 aromatic carbocycles. The Balaban J connectivity index is 1.66. The first-order valence-corrected chi connectivity index (χ1v) is 11.2. The number of nitrogens with one attached hydrogen (secondary N) is 2. The Kier molecular flexibility index (Phi) is 8.95. The quantitative estimate of drug-likeness (QED) is 0.369. The van der Waals surface area contributed by atoms with Gasteiger partial charge >= 0.3 is 0 Å². The number of hydrogen-bond acceptors (Lipinski definition) is 8. The number of amides is 2. The summed E-state index contributed by atoms with van der Waals surface area (Å²) in [5.74, 6) is 0.759. The molecule has 0 aliphatic rings. The standard InChI is InChI=1S/C26H30N6O4/c1-32(2)14-13-29-25(33)17-5-8-19(9-6-17)30-26(34)20(27)16-24-28-12-11-21(31-24)18-7-10-22(35-3)23(15-18)36-4/h5-12,15-16H,13-14,27H2,1-4H3,(H,29,33)(H,30,34). The molecule has 0 bridgehead atoms. The average molecular weight is 491 g/mol. The molecule has 2 amide bonds. The normalized spacial score (nSPS) is 11.2. The summed E-state index contributed by atoms with van der Waals surface area (Å²) in [7, 11) is 7.00. The van der Waals surface area contributed by atoms with Crippen LogP contribution in [-0.4, -0.2) is 68.1 Å². The molecule has 10 nitrogen and oxygen atoms in total. The molecular formula is C26H30N6O4. The van der Waals surface area contributed by atoms with Gasteiger partial charge in [0.1, 0.15) is 5.70 Å². The number of carbonyl (C=O) groups excluding carboxylic acids is 2. The van der Waals surface area contributed by atoms with E-state index in [9.17, 15) is 9.59 Å². The fraction of sp³-hybridized carbons (Fsp3) is 0.231. The van der Waals surface area contributed by atoms with Crippen LogP contribution in [0.3, 0.4) is 0 Å². The fourth-order valence-corrected chi connectivity index (χ4v) is 3.21. The zero-order valence-corrected chi connectivity index (χ0v) is 20.7. The Morgan fingerprint density at radius 1 is 1.03 bits per heavy atom. The number of likely N-dealkylation sites (N-methyl/N-ethyl adjacent to an activating group) is 1. The predicted octanol–water partition coefficient (Wildman–Crippen LogP) is 2.39. The lowest BCUT2D eigenvalue weighted by molar-refractivity contribution is -0.112. The van der Waals surface area contributed by atoms with E-state index in [1.165, 1.54) is 6.08 Å². The molecule has 0 spiro atoms. The maximum Gasteiger partial charge on any atom is 0.271 e. The first-order valence-electron chi connectivity index (χ1n) is 11.2. The maximum atomic E-state index is 12.6. The molecule has 36 heavy (non-hydrogen) atoms. The highest BCUT2D eigenvalue weighted by Crippen LogP contribution is 2.31. The van der Waals surface area contributed by atoms with Crippen molar-refractivity contribution >= 4 is 23.6 Å². The number of nitrogens with zero attached hydrogens (tertiary/aromatic N) is 3. The van der Waals surface area contributed by atoms with Crippen LogP contribution in [0.15, 0.2) is 60.4 Å². The van der Waals surface area contributed by atoms with Crippen LogP contribution in [0.5, 0.6) is 11.5 Å². The van der Waals surface area contributed by atoms with Crippen molar-refractivity contribution in [1.29, 1.82) is 0 Å². The lowest BCUT2D eigenvalue weighted by atomic mass is 10.1. The van der Waals surface area contributed by atoms with E-state index < -0.39 is 5.91 Å². The molecule has 0 aliphatic carbocycles. The number of anilines is 1. The van der Waals surface area contributed by atoms with Crippen molar-refractivity contribution in [2.45, 2.75) is 0 Å². The van der Waals surface area contributed by atoms with Crippen LogP contribution >= 0.6 is 0 Å². The molecule has 0 saturated heterocycles. The van der Waals surface area contributed by atoms with E-state index in [1.807, 2.05) is 25.1 Å². The molecule has 4 N–H and O–H groups in total. The number of ether oxygens (including phenoxy) is 2. The molecular weight excluding hydrogens is 460 g/mol. The van der Waals surface area contributed by atoms with E-state index in [1.54, 1.807) is 62.9 Å². The summed E-state index contributed by atoms with van der Waals surface area (Å²) >= 11 is 0. The first kappa shape index (κ1) is 26.2. The van der Waals surface area contributed by atoms with Crippen LogP contribution in [0.4, 0.5) is 5.69 Å². The molecule has 1 heterocycles. The highest BCUT2D eigenvalue weighted by Gasteiger charge is 2.11. The van der Waals surface area contributed by atoms with Crippen molar-refractivity contribution in [3.05, 3.63) is 71.8 Å². The van der Waals surface area contributed by atoms with E-state index >= 15 is 0 Å². The van der Waals surface area contributed by atoms with Gasteiger partial charge in [-0.1, -0.05) is 0 Å². The lowest BCUT2D eigenvalue weighted by Crippen LogP contribution is -2.31. The summed E-state index contributed by atoms with van der Waals surface area (Å²) in [6.45, 7) is 1.29. The topological polar surface area (TPSA) is 132 Å². The van der Waals surface area contributed by atoms with Gasteiger partial charge in [0, 0.05) is 42.2 Å². The number of carbonyl (C=O) groups is 2. The van der Waals surface area contributed by atoms with E-state index in [4.69, 9.17) is 15.2 Å². The molecule has 3 aromatic rings. The molecule has 3 rings (SSSR count). The summed E-state index contributed by atoms with van der Waals surface area (Å²) in [6.07, 6.45) is 2.98. The number of aromatic nitrogens is 2. The van der Waals surface area contributed by atoms with Gasteiger partial charge in [0.2, 0.25) is 0 Å². The lowest BCUT2D eigenvalue weighted by Gasteiger charge is -2.11. The number of rotatable bonds is 10. The zero-order chi connectivity index (χ0) is 26.1. The third kappa shape index (κ3) is 7.03. The SMILES string of the molecule is COc1ccc(-c2ccnc(C=C(N)C(=O)Nc3ccc(C(=O)NCCN(C)C)cc3)n2)cc1OC. The maximum absolute atomic E-state index is 12.6. The van der Waals surface area contributed by atoms with Gasteiger partial charge in [-0.25, -0.2) is 9.97 Å². The largest absolute Gasteiger partial charge is 0.493 e. The smallest absolute Gasteiger partial charge is 0.271 e. The average Bonchev–Trinajstić information content (AvgIpc) is 2.88. The predicted molar refractivity (Wildman–Crippen MR) is 139 cm³/mol. The molecule has 1 aromatic heterocycles. The van der Waals surface area contributed by atoms with Crippen LogP contribution in [0.2, 0.25) is 0 Å². The van der Waals surface area contributed by atoms with E-state index in [2.05, 4.69) is 20.6 Å². The van der Waals surface area contributed by atoms with Crippen LogP contribution in [0.25, 0.3) is 17.3 Å². The van der Waals surface area contributed by atoms with Crippen molar-refractivity contribution in [3.63, 3.8) is 0 Å². The van der Waals surface area contributed by atoms with Gasteiger partial charge in [0.05, 0.1) is 19.9 Å². The summed E-state index contributed by atoms with van der Waals surface area (Å²) in [4.78, 5) is 35.4. The molecule has 10 heteroatoms. The van der Waals surface area contributed by atoms with Crippen molar-refractivity contribution in [1.82, 2.24) is 20.2 Å². The van der Waals surface area contributed by atoms with Gasteiger partial charge < -0.3 is 30.7 Å². The minimum absolute atomic E-state index is 0.0648. The molecule has 0 unspecified atom stereocenters. The van der Waals surface area contributed by atoms with Gasteiger partial charge in [0.15, 0.2) is 17.3 Å². The molecule has 0 aliphatic heterocycles. The zero-order valence-electron chi connectivity index (χ0n) is 20.7. The molecule has 0 radical (unpaired) electrons. The van der Waals surface area contributed by atoms with Crippen molar-refractivity contribution in [3.8, 4) is 22.8 Å². The summed E-state index contributed by atoms with van der Waals surface area (Å²) in [6, 6.07) is 13.7. The Morgan fingerprint density at radius 2 is 1.75 bits per heavy atom. The van der Waals surface area contributed by atoms with E-state index in [0.717, 1.165) is 12.1 Å². The molecule has 0 fully saturated rings. The Hall–Kier alpha value is -4.44. The van der Waals surface area contributed by atoms with Crippen molar-refractivity contribution < 1.29 is 19.1 Å². The Morgan fingerprint density at radius 3 is 2.42 bits per heavy atom. The van der Waals surface area contributed by atoms with E-state index in [0.29, 0.717) is 35.0 Å². The van der Waals surface area contributed by atoms with Gasteiger partial charge in [-0.3, -0.25) is 9.59 Å². The summed E-state index contributed by atoms with van der Waals surface area (Å²) in [5, 5.41) is 5.54. The number of hydrogen-bond donors (Lipinski definition) is 3. The molecule has 0 atom stereocenters. The van der Waals surface area contributed by atoms with Crippen LogP contribution < -0.4 is 25.8 Å². The van der Waals surface area contributed by atoms with Gasteiger partial charge in [-0.15, -0.1) is 0 Å². The minimum atomic E-state index is -0.515. The summed E-state index contributed by atoms with van der Waals surface area (Å²) < 4.78 is 10.6. The van der Waals surface area contributed by atoms with Gasteiger partial charge in [-0.05, 0) is 62.6 Å². The van der Waals surface area contributed by atoms with Crippen LogP contribution in [0, 0.1) is 0 Å². The molecule has 0 saturated carbocycles. The number of benzene rings is 2. The van der Waals surface area contributed by atoms with Gasteiger partial charge in [0.25, 0.3) is 11.8 Å². The monoisotopic (exact) mass is 490 g/mol. The molecule has 188 valence electrons. The minimum Gasteiger partial charge on any atom is -0.493 e. The summed E-state index contributed by atoms with van der Waals surface area (Å²) in [5.41, 5.74) is 8.34. The van der Waals surface area contributed by atoms with Crippen molar-refractivity contribution in [2.24, 2.45) is 5.73 Å². The van der Waals surface area contributed by atoms with E-state index in [-0.39, 0.29) is 17.4 Å². The second-order valence-corrected chi connectivity index (χ2v) is 8.06.